The maximum atomic E-state index is 13.0. The van der Waals surface area contributed by atoms with E-state index < -0.39 is 11.7 Å². The molecule has 0 radical (unpaired) electrons. The Morgan fingerprint density at radius 2 is 1.95 bits per heavy atom. The van der Waals surface area contributed by atoms with Crippen LogP contribution in [0.3, 0.4) is 0 Å². The van der Waals surface area contributed by atoms with E-state index in [4.69, 9.17) is 11.6 Å². The fourth-order valence-corrected chi connectivity index (χ4v) is 3.41. The normalized spacial score (nSPS) is 10.9. The van der Waals surface area contributed by atoms with Crippen molar-refractivity contribution in [2.75, 3.05) is 5.32 Å². The Morgan fingerprint density at radius 1 is 1.23 bits per heavy atom. The van der Waals surface area contributed by atoms with Gasteiger partial charge in [0.2, 0.25) is 0 Å². The minimum absolute atomic E-state index is 0.0750. The van der Waals surface area contributed by atoms with Crippen LogP contribution in [0.5, 0.6) is 0 Å². The van der Waals surface area contributed by atoms with E-state index in [2.05, 4.69) is 10.3 Å². The van der Waals surface area contributed by atoms with Crippen molar-refractivity contribution < 1.29 is 9.18 Å². The molecule has 1 aromatic heterocycles. The van der Waals surface area contributed by atoms with Gasteiger partial charge in [0.15, 0.2) is 5.13 Å². The fraction of sp³-hybridized carbons (Fsp3) is 0.125. The van der Waals surface area contributed by atoms with Crippen molar-refractivity contribution in [1.82, 2.24) is 4.98 Å². The Labute approximate surface area is 135 Å². The average molecular weight is 335 g/mol. The molecule has 3 nitrogen and oxygen atoms in total. The number of carbonyl (C=O) groups excluding carboxylic acids is 1. The molecule has 1 heterocycles. The van der Waals surface area contributed by atoms with Crippen LogP contribution < -0.4 is 5.32 Å². The lowest BCUT2D eigenvalue weighted by atomic mass is 10.1. The van der Waals surface area contributed by atoms with E-state index in [-0.39, 0.29) is 10.6 Å². The average Bonchev–Trinajstić information content (AvgIpc) is 2.88. The Bertz CT molecular complexity index is 852. The van der Waals surface area contributed by atoms with E-state index in [1.807, 2.05) is 26.0 Å². The monoisotopic (exact) mass is 334 g/mol. The van der Waals surface area contributed by atoms with Crippen LogP contribution in [-0.2, 0) is 0 Å². The van der Waals surface area contributed by atoms with Gasteiger partial charge in [0.25, 0.3) is 5.91 Å². The maximum Gasteiger partial charge on any atom is 0.258 e. The summed E-state index contributed by atoms with van der Waals surface area (Å²) in [5.41, 5.74) is 3.26. The molecule has 1 amide bonds. The van der Waals surface area contributed by atoms with Crippen molar-refractivity contribution in [3.8, 4) is 0 Å². The van der Waals surface area contributed by atoms with Crippen LogP contribution in [0.25, 0.3) is 10.2 Å². The summed E-state index contributed by atoms with van der Waals surface area (Å²) < 4.78 is 14.1. The van der Waals surface area contributed by atoms with Gasteiger partial charge in [-0.3, -0.25) is 10.1 Å². The second kappa shape index (κ2) is 5.66. The van der Waals surface area contributed by atoms with E-state index in [0.717, 1.165) is 27.4 Å². The summed E-state index contributed by atoms with van der Waals surface area (Å²) in [6.07, 6.45) is 0. The largest absolute Gasteiger partial charge is 0.298 e. The van der Waals surface area contributed by atoms with E-state index in [1.54, 1.807) is 0 Å². The molecule has 3 rings (SSSR count). The zero-order valence-corrected chi connectivity index (χ0v) is 13.5. The second-order valence-corrected chi connectivity index (χ2v) is 6.38. The minimum atomic E-state index is -0.479. The quantitative estimate of drug-likeness (QED) is 0.719. The van der Waals surface area contributed by atoms with E-state index in [1.165, 1.54) is 23.5 Å². The van der Waals surface area contributed by atoms with Crippen LogP contribution in [0.15, 0.2) is 30.3 Å². The molecule has 112 valence electrons. The number of halogens is 2. The standard InChI is InChI=1S/C16H12ClFN2OS/c1-8-3-4-9(2)14-13(8)19-16(22-14)20-15(21)11-6-5-10(18)7-12(11)17/h3-7H,1-2H3,(H,19,20,21). The number of aromatic nitrogens is 1. The van der Waals surface area contributed by atoms with Crippen molar-refractivity contribution in [2.45, 2.75) is 13.8 Å². The molecule has 0 atom stereocenters. The SMILES string of the molecule is Cc1ccc(C)c2sc(NC(=O)c3ccc(F)cc3Cl)nc12. The van der Waals surface area contributed by atoms with Gasteiger partial charge in [-0.25, -0.2) is 9.37 Å². The number of thiazole rings is 1. The molecule has 0 unspecified atom stereocenters. The van der Waals surface area contributed by atoms with Gasteiger partial charge in [-0.2, -0.15) is 0 Å². The molecule has 0 aliphatic heterocycles. The zero-order valence-electron chi connectivity index (χ0n) is 11.9. The molecule has 0 aliphatic carbocycles. The number of benzene rings is 2. The van der Waals surface area contributed by atoms with Gasteiger partial charge in [-0.15, -0.1) is 0 Å². The molecule has 0 saturated heterocycles. The molecular weight excluding hydrogens is 323 g/mol. The number of rotatable bonds is 2. The highest BCUT2D eigenvalue weighted by Gasteiger charge is 2.15. The van der Waals surface area contributed by atoms with Crippen LogP contribution in [0.2, 0.25) is 5.02 Å². The molecule has 1 N–H and O–H groups in total. The summed E-state index contributed by atoms with van der Waals surface area (Å²) in [6.45, 7) is 3.98. The third-order valence-electron chi connectivity index (χ3n) is 3.34. The first-order valence-corrected chi connectivity index (χ1v) is 7.78. The summed E-state index contributed by atoms with van der Waals surface area (Å²) in [5, 5.41) is 3.30. The molecular formula is C16H12ClFN2OS. The minimum Gasteiger partial charge on any atom is -0.298 e. The number of carbonyl (C=O) groups is 1. The molecule has 0 saturated carbocycles. The Morgan fingerprint density at radius 3 is 2.64 bits per heavy atom. The third-order valence-corrected chi connectivity index (χ3v) is 4.76. The van der Waals surface area contributed by atoms with Gasteiger partial charge in [0.1, 0.15) is 5.82 Å². The zero-order chi connectivity index (χ0) is 15.9. The lowest BCUT2D eigenvalue weighted by Gasteiger charge is -2.03. The third kappa shape index (κ3) is 2.69. The predicted octanol–water partition coefficient (Wildman–Crippen LogP) is 4.96. The summed E-state index contributed by atoms with van der Waals surface area (Å²) in [5.74, 6) is -0.882. The van der Waals surface area contributed by atoms with Gasteiger partial charge in [-0.1, -0.05) is 35.1 Å². The number of hydrogen-bond acceptors (Lipinski definition) is 3. The summed E-state index contributed by atoms with van der Waals surface area (Å²) in [7, 11) is 0. The first-order chi connectivity index (χ1) is 10.5. The fourth-order valence-electron chi connectivity index (χ4n) is 2.15. The van der Waals surface area contributed by atoms with Crippen LogP contribution >= 0.6 is 22.9 Å². The number of anilines is 1. The van der Waals surface area contributed by atoms with Crippen molar-refractivity contribution in [3.05, 3.63) is 57.9 Å². The number of nitrogens with zero attached hydrogens (tertiary/aromatic N) is 1. The molecule has 0 fully saturated rings. The van der Waals surface area contributed by atoms with Crippen molar-refractivity contribution >= 4 is 44.2 Å². The van der Waals surface area contributed by atoms with Gasteiger partial charge < -0.3 is 0 Å². The Kier molecular flexibility index (Phi) is 3.85. The molecule has 22 heavy (non-hydrogen) atoms. The molecule has 0 bridgehead atoms. The molecule has 0 spiro atoms. The predicted molar refractivity (Wildman–Crippen MR) is 88.5 cm³/mol. The Balaban J connectivity index is 1.94. The molecule has 2 aromatic carbocycles. The first kappa shape index (κ1) is 14.9. The van der Waals surface area contributed by atoms with Crippen molar-refractivity contribution in [2.24, 2.45) is 0 Å². The lowest BCUT2D eigenvalue weighted by Crippen LogP contribution is -2.12. The number of fused-ring (bicyclic) bond motifs is 1. The summed E-state index contributed by atoms with van der Waals surface area (Å²) >= 11 is 7.31. The Hall–Kier alpha value is -1.98. The van der Waals surface area contributed by atoms with Crippen LogP contribution in [0.1, 0.15) is 21.5 Å². The molecule has 0 aliphatic rings. The van der Waals surface area contributed by atoms with Gasteiger partial charge in [0.05, 0.1) is 20.8 Å². The van der Waals surface area contributed by atoms with E-state index in [0.29, 0.717) is 5.13 Å². The van der Waals surface area contributed by atoms with Crippen molar-refractivity contribution in [3.63, 3.8) is 0 Å². The number of aryl methyl sites for hydroxylation is 2. The first-order valence-electron chi connectivity index (χ1n) is 6.59. The number of nitrogens with one attached hydrogen (secondary N) is 1. The van der Waals surface area contributed by atoms with Crippen molar-refractivity contribution in [1.29, 1.82) is 0 Å². The lowest BCUT2D eigenvalue weighted by molar-refractivity contribution is 0.102. The highest BCUT2D eigenvalue weighted by atomic mass is 35.5. The molecule has 3 aromatic rings. The van der Waals surface area contributed by atoms with E-state index >= 15 is 0 Å². The maximum absolute atomic E-state index is 13.0. The van der Waals surface area contributed by atoms with Gasteiger partial charge in [0, 0.05) is 0 Å². The summed E-state index contributed by atoms with van der Waals surface area (Å²) in [4.78, 5) is 16.7. The van der Waals surface area contributed by atoms with Crippen LogP contribution in [-0.4, -0.2) is 10.9 Å². The van der Waals surface area contributed by atoms with Gasteiger partial charge >= 0.3 is 0 Å². The highest BCUT2D eigenvalue weighted by Crippen LogP contribution is 2.31. The summed E-state index contributed by atoms with van der Waals surface area (Å²) in [6, 6.07) is 7.70. The number of hydrogen-bond donors (Lipinski definition) is 1. The van der Waals surface area contributed by atoms with Gasteiger partial charge in [-0.05, 0) is 43.2 Å². The molecule has 6 heteroatoms. The van der Waals surface area contributed by atoms with Crippen LogP contribution in [0, 0.1) is 19.7 Å². The number of amides is 1. The highest BCUT2D eigenvalue weighted by molar-refractivity contribution is 7.22. The second-order valence-electron chi connectivity index (χ2n) is 4.97. The topological polar surface area (TPSA) is 42.0 Å². The smallest absolute Gasteiger partial charge is 0.258 e. The van der Waals surface area contributed by atoms with Crippen LogP contribution in [0.4, 0.5) is 9.52 Å². The van der Waals surface area contributed by atoms with E-state index in [9.17, 15) is 9.18 Å².